The van der Waals surface area contributed by atoms with E-state index in [1.807, 2.05) is 24.3 Å². The first-order valence-electron chi connectivity index (χ1n) is 7.86. The maximum absolute atomic E-state index is 12.7. The molecule has 2 aliphatic rings. The number of rotatable bonds is 3. The van der Waals surface area contributed by atoms with Crippen LogP contribution in [-0.4, -0.2) is 49.1 Å². The van der Waals surface area contributed by atoms with Gasteiger partial charge < -0.3 is 4.74 Å². The van der Waals surface area contributed by atoms with Crippen molar-refractivity contribution in [2.75, 3.05) is 31.2 Å². The second-order valence-electron chi connectivity index (χ2n) is 6.18. The molecule has 0 aliphatic carbocycles. The van der Waals surface area contributed by atoms with Crippen molar-refractivity contribution in [3.63, 3.8) is 0 Å². The Morgan fingerprint density at radius 2 is 1.73 bits per heavy atom. The fraction of sp³-hybridized carbons (Fsp3) is 0.529. The third-order valence-electron chi connectivity index (χ3n) is 4.43. The predicted molar refractivity (Wildman–Crippen MR) is 83.8 cm³/mol. The zero-order valence-corrected chi connectivity index (χ0v) is 13.1. The molecule has 118 valence electrons. The fourth-order valence-corrected chi connectivity index (χ4v) is 3.07. The molecule has 3 rings (SSSR count). The number of imide groups is 1. The highest BCUT2D eigenvalue weighted by molar-refractivity contribution is 6.22. The molecule has 0 radical (unpaired) electrons. The lowest BCUT2D eigenvalue weighted by atomic mass is 10.0. The molecule has 2 aliphatic heterocycles. The lowest BCUT2D eigenvalue weighted by molar-refractivity contribution is -0.123. The van der Waals surface area contributed by atoms with E-state index in [9.17, 15) is 9.59 Å². The zero-order chi connectivity index (χ0) is 15.7. The van der Waals surface area contributed by atoms with Gasteiger partial charge in [0.2, 0.25) is 5.91 Å². The minimum absolute atomic E-state index is 0.107. The number of hydrogen-bond donors (Lipinski definition) is 0. The first kappa shape index (κ1) is 15.2. The van der Waals surface area contributed by atoms with Crippen LogP contribution >= 0.6 is 0 Å². The third-order valence-corrected chi connectivity index (χ3v) is 4.43. The quantitative estimate of drug-likeness (QED) is 0.799. The van der Waals surface area contributed by atoms with Gasteiger partial charge in [0.15, 0.2) is 0 Å². The Morgan fingerprint density at radius 3 is 2.32 bits per heavy atom. The van der Waals surface area contributed by atoms with Crippen molar-refractivity contribution in [3.05, 3.63) is 29.8 Å². The number of benzene rings is 1. The van der Waals surface area contributed by atoms with Crippen molar-refractivity contribution in [2.24, 2.45) is 0 Å². The van der Waals surface area contributed by atoms with Gasteiger partial charge in [-0.3, -0.25) is 14.5 Å². The minimum Gasteiger partial charge on any atom is -0.379 e. The molecule has 1 aromatic rings. The molecule has 22 heavy (non-hydrogen) atoms. The molecule has 1 aromatic carbocycles. The van der Waals surface area contributed by atoms with Crippen LogP contribution < -0.4 is 4.90 Å². The number of anilines is 1. The number of ether oxygens (including phenoxy) is 1. The van der Waals surface area contributed by atoms with E-state index >= 15 is 0 Å². The summed E-state index contributed by atoms with van der Waals surface area (Å²) in [5.41, 5.74) is 1.88. The van der Waals surface area contributed by atoms with Gasteiger partial charge in [0.05, 0.1) is 31.4 Å². The highest BCUT2D eigenvalue weighted by atomic mass is 16.5. The number of hydrogen-bond acceptors (Lipinski definition) is 4. The van der Waals surface area contributed by atoms with E-state index in [0.29, 0.717) is 37.9 Å². The molecule has 2 fully saturated rings. The Hall–Kier alpha value is -1.72. The normalized spacial score (nSPS) is 23.6. The molecule has 0 N–H and O–H groups in total. The molecule has 0 spiro atoms. The molecule has 0 saturated carbocycles. The van der Waals surface area contributed by atoms with E-state index in [2.05, 4.69) is 18.7 Å². The Kier molecular flexibility index (Phi) is 4.27. The summed E-state index contributed by atoms with van der Waals surface area (Å²) in [5.74, 6) is 0.211. The topological polar surface area (TPSA) is 49.9 Å². The maximum Gasteiger partial charge on any atom is 0.251 e. The van der Waals surface area contributed by atoms with Crippen LogP contribution in [0.15, 0.2) is 24.3 Å². The molecule has 0 aromatic heterocycles. The maximum atomic E-state index is 12.7. The summed E-state index contributed by atoms with van der Waals surface area (Å²) in [4.78, 5) is 28.4. The zero-order valence-electron chi connectivity index (χ0n) is 13.1. The summed E-state index contributed by atoms with van der Waals surface area (Å²) in [5, 5.41) is 0. The van der Waals surface area contributed by atoms with E-state index in [0.717, 1.165) is 0 Å². The molecule has 5 nitrogen and oxygen atoms in total. The first-order valence-corrected chi connectivity index (χ1v) is 7.86. The number of morpholine rings is 1. The van der Waals surface area contributed by atoms with Crippen LogP contribution in [0.3, 0.4) is 0 Å². The summed E-state index contributed by atoms with van der Waals surface area (Å²) < 4.78 is 5.32. The fourth-order valence-electron chi connectivity index (χ4n) is 3.07. The number of nitrogens with zero attached hydrogens (tertiary/aromatic N) is 2. The first-order chi connectivity index (χ1) is 10.6. The molecule has 1 atom stereocenters. The van der Waals surface area contributed by atoms with Gasteiger partial charge in [-0.05, 0) is 23.6 Å². The summed E-state index contributed by atoms with van der Waals surface area (Å²) >= 11 is 0. The average molecular weight is 302 g/mol. The number of amides is 2. The Labute approximate surface area is 130 Å². The standard InChI is InChI=1S/C17H22N2O3/c1-12(2)13-3-5-14(6-4-13)19-16(20)11-15(17(19)21)18-7-9-22-10-8-18/h3-6,12,15H,7-11H2,1-2H3/t15-/m0/s1. The second kappa shape index (κ2) is 6.18. The molecule has 0 unspecified atom stereocenters. The van der Waals surface area contributed by atoms with Crippen LogP contribution in [-0.2, 0) is 14.3 Å². The van der Waals surface area contributed by atoms with E-state index in [4.69, 9.17) is 4.74 Å². The molecule has 2 heterocycles. The van der Waals surface area contributed by atoms with Crippen molar-refractivity contribution in [3.8, 4) is 0 Å². The monoisotopic (exact) mass is 302 g/mol. The van der Waals surface area contributed by atoms with Crippen LogP contribution in [0.2, 0.25) is 0 Å². The lowest BCUT2D eigenvalue weighted by Gasteiger charge is -2.30. The SMILES string of the molecule is CC(C)c1ccc(N2C(=O)C[C@H](N3CCOCC3)C2=O)cc1. The van der Waals surface area contributed by atoms with Crippen LogP contribution in [0.25, 0.3) is 0 Å². The molecule has 5 heteroatoms. The number of carbonyl (C=O) groups is 2. The highest BCUT2D eigenvalue weighted by Gasteiger charge is 2.42. The number of carbonyl (C=O) groups excluding carboxylic acids is 2. The minimum atomic E-state index is -0.332. The lowest BCUT2D eigenvalue weighted by Crippen LogP contribution is -2.47. The van der Waals surface area contributed by atoms with Crippen LogP contribution in [0.1, 0.15) is 31.7 Å². The van der Waals surface area contributed by atoms with Gasteiger partial charge in [-0.15, -0.1) is 0 Å². The van der Waals surface area contributed by atoms with Crippen molar-refractivity contribution in [1.29, 1.82) is 0 Å². The summed E-state index contributed by atoms with van der Waals surface area (Å²) in [6.07, 6.45) is 0.269. The van der Waals surface area contributed by atoms with Gasteiger partial charge in [-0.2, -0.15) is 0 Å². The van der Waals surface area contributed by atoms with Crippen LogP contribution in [0, 0.1) is 0 Å². The van der Waals surface area contributed by atoms with Gasteiger partial charge in [0.1, 0.15) is 0 Å². The van der Waals surface area contributed by atoms with Gasteiger partial charge in [0, 0.05) is 13.1 Å². The average Bonchev–Trinajstić information content (AvgIpc) is 2.83. The molecule has 2 amide bonds. The summed E-state index contributed by atoms with van der Waals surface area (Å²) in [6.45, 7) is 6.92. The molecule has 2 saturated heterocycles. The van der Waals surface area contributed by atoms with E-state index in [-0.39, 0.29) is 24.3 Å². The van der Waals surface area contributed by atoms with Crippen molar-refractivity contribution >= 4 is 17.5 Å². The highest BCUT2D eigenvalue weighted by Crippen LogP contribution is 2.27. The van der Waals surface area contributed by atoms with Crippen molar-refractivity contribution in [2.45, 2.75) is 32.2 Å². The smallest absolute Gasteiger partial charge is 0.251 e. The molecular weight excluding hydrogens is 280 g/mol. The van der Waals surface area contributed by atoms with Crippen molar-refractivity contribution < 1.29 is 14.3 Å². The Balaban J connectivity index is 1.78. The van der Waals surface area contributed by atoms with Gasteiger partial charge in [-0.1, -0.05) is 26.0 Å². The van der Waals surface area contributed by atoms with Gasteiger partial charge >= 0.3 is 0 Å². The summed E-state index contributed by atoms with van der Waals surface area (Å²) in [7, 11) is 0. The van der Waals surface area contributed by atoms with Gasteiger partial charge in [-0.25, -0.2) is 4.90 Å². The van der Waals surface area contributed by atoms with Crippen molar-refractivity contribution in [1.82, 2.24) is 4.90 Å². The Bertz CT molecular complexity index is 562. The van der Waals surface area contributed by atoms with E-state index < -0.39 is 0 Å². The molecular formula is C17H22N2O3. The van der Waals surface area contributed by atoms with Crippen LogP contribution in [0.4, 0.5) is 5.69 Å². The Morgan fingerprint density at radius 1 is 1.09 bits per heavy atom. The van der Waals surface area contributed by atoms with Crippen LogP contribution in [0.5, 0.6) is 0 Å². The largest absolute Gasteiger partial charge is 0.379 e. The summed E-state index contributed by atoms with van der Waals surface area (Å²) in [6, 6.07) is 7.38. The van der Waals surface area contributed by atoms with E-state index in [1.165, 1.54) is 10.5 Å². The predicted octanol–water partition coefficient (Wildman–Crippen LogP) is 1.77. The van der Waals surface area contributed by atoms with E-state index in [1.54, 1.807) is 0 Å². The van der Waals surface area contributed by atoms with Gasteiger partial charge in [0.25, 0.3) is 5.91 Å². The third kappa shape index (κ3) is 2.78. The second-order valence-corrected chi connectivity index (χ2v) is 6.18. The molecule has 0 bridgehead atoms.